The number of halogens is 2. The van der Waals surface area contributed by atoms with E-state index in [1.165, 1.54) is 18.2 Å². The van der Waals surface area contributed by atoms with E-state index in [0.29, 0.717) is 58.7 Å². The Hall–Kier alpha value is -3.61. The van der Waals surface area contributed by atoms with Crippen molar-refractivity contribution >= 4 is 53.0 Å². The topological polar surface area (TPSA) is 124 Å². The number of likely N-dealkylation sites (N-methyl/N-ethyl adjacent to an activating group) is 1. The van der Waals surface area contributed by atoms with Crippen molar-refractivity contribution in [3.63, 3.8) is 0 Å². The van der Waals surface area contributed by atoms with Crippen molar-refractivity contribution in [1.82, 2.24) is 25.4 Å². The molecule has 40 heavy (non-hydrogen) atoms. The van der Waals surface area contributed by atoms with E-state index >= 15 is 0 Å². The third-order valence-electron chi connectivity index (χ3n) is 5.51. The molecule has 10 nitrogen and oxygen atoms in total. The highest BCUT2D eigenvalue weighted by molar-refractivity contribution is 7.71. The van der Waals surface area contributed by atoms with Crippen molar-refractivity contribution in [2.75, 3.05) is 36.8 Å². The molecule has 0 saturated carbocycles. The first-order chi connectivity index (χ1) is 18.9. The second-order valence-electron chi connectivity index (χ2n) is 9.84. The maximum absolute atomic E-state index is 14.3. The number of aromatic amines is 1. The smallest absolute Gasteiger partial charge is 0.407 e. The zero-order chi connectivity index (χ0) is 29.3. The van der Waals surface area contributed by atoms with Crippen LogP contribution in [-0.2, 0) is 9.53 Å². The van der Waals surface area contributed by atoms with E-state index in [-0.39, 0.29) is 17.9 Å². The maximum atomic E-state index is 14.3. The number of carbonyl (C=O) groups is 2. The Morgan fingerprint density at radius 3 is 2.67 bits per heavy atom. The minimum atomic E-state index is -0.558. The third-order valence-corrected chi connectivity index (χ3v) is 6.06. The van der Waals surface area contributed by atoms with Gasteiger partial charge in [0.1, 0.15) is 21.9 Å². The van der Waals surface area contributed by atoms with Gasteiger partial charge >= 0.3 is 6.09 Å². The SMILES string of the molecule is CCN(CCNC(=O)OC(C)(C)C)CCC(=O)Nc1cc(Nc2cc(-c3cc(Cl)ccc3F)n[nH]c2=S)ccn1. The fourth-order valence-electron chi connectivity index (χ4n) is 3.59. The van der Waals surface area contributed by atoms with E-state index in [0.717, 1.165) is 0 Å². The number of anilines is 3. The molecule has 4 N–H and O–H groups in total. The van der Waals surface area contributed by atoms with Crippen molar-refractivity contribution in [2.24, 2.45) is 0 Å². The van der Waals surface area contributed by atoms with E-state index in [4.69, 9.17) is 28.6 Å². The molecule has 0 aliphatic carbocycles. The Kier molecular flexibility index (Phi) is 10.9. The Bertz CT molecular complexity index is 1400. The molecule has 13 heteroatoms. The van der Waals surface area contributed by atoms with Crippen LogP contribution >= 0.6 is 23.8 Å². The summed E-state index contributed by atoms with van der Waals surface area (Å²) in [5.74, 6) is -0.318. The average Bonchev–Trinajstić information content (AvgIpc) is 2.88. The van der Waals surface area contributed by atoms with Gasteiger partial charge in [-0.1, -0.05) is 30.7 Å². The van der Waals surface area contributed by atoms with Gasteiger partial charge in [0.2, 0.25) is 5.91 Å². The van der Waals surface area contributed by atoms with Crippen molar-refractivity contribution in [2.45, 2.75) is 39.7 Å². The summed E-state index contributed by atoms with van der Waals surface area (Å²) >= 11 is 11.4. The third kappa shape index (κ3) is 9.85. The number of benzene rings is 1. The lowest BCUT2D eigenvalue weighted by Crippen LogP contribution is -2.38. The standard InChI is InChI=1S/C27H33ClFN7O3S/c1-5-36(13-11-31-26(38)39-27(2,3)4)12-9-24(37)33-23-15-18(8-10-30-23)32-22-16-21(34-35-25(22)40)19-14-17(28)6-7-20(19)29/h6-8,10,14-16H,5,9,11-13H2,1-4H3,(H,31,38)(H,35,40)(H2,30,32,33,34,37). The zero-order valence-corrected chi connectivity index (χ0v) is 24.4. The van der Waals surface area contributed by atoms with Crippen LogP contribution in [0.4, 0.5) is 26.4 Å². The Morgan fingerprint density at radius 1 is 1.18 bits per heavy atom. The highest BCUT2D eigenvalue weighted by atomic mass is 35.5. The van der Waals surface area contributed by atoms with Gasteiger partial charge in [-0.25, -0.2) is 14.2 Å². The number of ether oxygens (including phenoxy) is 1. The minimum Gasteiger partial charge on any atom is -0.444 e. The van der Waals surface area contributed by atoms with Crippen LogP contribution in [0.25, 0.3) is 11.3 Å². The molecule has 2 aromatic heterocycles. The fourth-order valence-corrected chi connectivity index (χ4v) is 3.91. The first-order valence-electron chi connectivity index (χ1n) is 12.7. The first-order valence-corrected chi connectivity index (χ1v) is 13.5. The molecule has 0 radical (unpaired) electrons. The highest BCUT2D eigenvalue weighted by Gasteiger charge is 2.16. The summed E-state index contributed by atoms with van der Waals surface area (Å²) in [7, 11) is 0. The molecular formula is C27H33ClFN7O3S. The maximum Gasteiger partial charge on any atom is 0.407 e. The van der Waals surface area contributed by atoms with Crippen LogP contribution in [0, 0.1) is 10.5 Å². The monoisotopic (exact) mass is 589 g/mol. The van der Waals surface area contributed by atoms with Crippen LogP contribution in [0.2, 0.25) is 5.02 Å². The molecule has 0 unspecified atom stereocenters. The number of pyridine rings is 1. The average molecular weight is 590 g/mol. The van der Waals surface area contributed by atoms with Gasteiger partial charge in [0, 0.05) is 54.6 Å². The predicted molar refractivity (Wildman–Crippen MR) is 157 cm³/mol. The summed E-state index contributed by atoms with van der Waals surface area (Å²) in [5.41, 5.74) is 1.09. The summed E-state index contributed by atoms with van der Waals surface area (Å²) in [4.78, 5) is 30.7. The van der Waals surface area contributed by atoms with Gasteiger partial charge in [-0.2, -0.15) is 5.10 Å². The molecule has 2 amide bonds. The Morgan fingerprint density at radius 2 is 1.95 bits per heavy atom. The van der Waals surface area contributed by atoms with Gasteiger partial charge in [0.05, 0.1) is 11.4 Å². The lowest BCUT2D eigenvalue weighted by molar-refractivity contribution is -0.116. The fraction of sp³-hybridized carbons (Fsp3) is 0.370. The van der Waals surface area contributed by atoms with Crippen LogP contribution in [0.15, 0.2) is 42.6 Å². The molecule has 0 atom stereocenters. The number of alkyl carbamates (subject to hydrolysis) is 1. The van der Waals surface area contributed by atoms with Gasteiger partial charge in [0.15, 0.2) is 0 Å². The van der Waals surface area contributed by atoms with Gasteiger partial charge in [-0.3, -0.25) is 9.89 Å². The van der Waals surface area contributed by atoms with Crippen molar-refractivity contribution in [3.05, 3.63) is 58.1 Å². The second-order valence-corrected chi connectivity index (χ2v) is 10.7. The molecule has 3 aromatic rings. The number of aromatic nitrogens is 3. The lowest BCUT2D eigenvalue weighted by atomic mass is 10.1. The van der Waals surface area contributed by atoms with Crippen LogP contribution in [0.3, 0.4) is 0 Å². The van der Waals surface area contributed by atoms with Gasteiger partial charge in [-0.15, -0.1) is 0 Å². The number of hydrogen-bond acceptors (Lipinski definition) is 8. The number of H-pyrrole nitrogens is 1. The Balaban J connectivity index is 1.56. The predicted octanol–water partition coefficient (Wildman–Crippen LogP) is 5.91. The first kappa shape index (κ1) is 30.9. The molecule has 3 rings (SSSR count). The molecule has 0 aliphatic heterocycles. The molecule has 0 fully saturated rings. The Labute approximate surface area is 242 Å². The van der Waals surface area contributed by atoms with E-state index in [2.05, 4.69) is 31.1 Å². The van der Waals surface area contributed by atoms with Gasteiger partial charge in [-0.05, 0) is 57.6 Å². The minimum absolute atomic E-state index is 0.205. The summed E-state index contributed by atoms with van der Waals surface area (Å²) in [6, 6.07) is 9.20. The van der Waals surface area contributed by atoms with Crippen molar-refractivity contribution in [3.8, 4) is 11.3 Å². The molecule has 1 aromatic carbocycles. The quantitative estimate of drug-likeness (QED) is 0.203. The van der Waals surface area contributed by atoms with Gasteiger partial charge in [0.25, 0.3) is 0 Å². The van der Waals surface area contributed by atoms with Crippen molar-refractivity contribution < 1.29 is 18.7 Å². The number of amides is 2. The van der Waals surface area contributed by atoms with Crippen LogP contribution < -0.4 is 16.0 Å². The summed E-state index contributed by atoms with van der Waals surface area (Å²) < 4.78 is 19.9. The molecule has 0 spiro atoms. The number of hydrogen-bond donors (Lipinski definition) is 4. The van der Waals surface area contributed by atoms with E-state index in [1.54, 1.807) is 45.2 Å². The van der Waals surface area contributed by atoms with E-state index in [9.17, 15) is 14.0 Å². The van der Waals surface area contributed by atoms with Crippen LogP contribution in [0.5, 0.6) is 0 Å². The molecular weight excluding hydrogens is 557 g/mol. The normalized spacial score (nSPS) is 11.3. The zero-order valence-electron chi connectivity index (χ0n) is 22.8. The number of nitrogens with zero attached hydrogens (tertiary/aromatic N) is 3. The van der Waals surface area contributed by atoms with Crippen molar-refractivity contribution in [1.29, 1.82) is 0 Å². The molecule has 214 valence electrons. The summed E-state index contributed by atoms with van der Waals surface area (Å²) in [6.07, 6.45) is 1.31. The molecule has 0 aliphatic rings. The second kappa shape index (κ2) is 14.1. The lowest BCUT2D eigenvalue weighted by Gasteiger charge is -2.22. The number of rotatable bonds is 11. The van der Waals surface area contributed by atoms with Gasteiger partial charge < -0.3 is 25.6 Å². The molecule has 0 bridgehead atoms. The summed E-state index contributed by atoms with van der Waals surface area (Å²) in [6.45, 7) is 9.60. The number of nitrogens with one attached hydrogen (secondary N) is 4. The van der Waals surface area contributed by atoms with E-state index in [1.807, 2.05) is 11.8 Å². The van der Waals surface area contributed by atoms with Crippen LogP contribution in [-0.4, -0.2) is 63.9 Å². The highest BCUT2D eigenvalue weighted by Crippen LogP contribution is 2.27. The number of carbonyl (C=O) groups excluding carboxylic acids is 2. The van der Waals surface area contributed by atoms with E-state index < -0.39 is 17.5 Å². The molecule has 0 saturated heterocycles. The van der Waals surface area contributed by atoms with Crippen LogP contribution in [0.1, 0.15) is 34.1 Å². The largest absolute Gasteiger partial charge is 0.444 e. The summed E-state index contributed by atoms with van der Waals surface area (Å²) in [5, 5.41) is 15.9. The molecule has 2 heterocycles.